The fraction of sp³-hybridized carbons (Fsp3) is 0.250. The van der Waals surface area contributed by atoms with Crippen LogP contribution >= 0.6 is 11.6 Å². The molecule has 1 aromatic carbocycles. The van der Waals surface area contributed by atoms with Gasteiger partial charge in [0.15, 0.2) is 0 Å². The first-order valence-corrected chi connectivity index (χ1v) is 7.05. The first kappa shape index (κ1) is 16.1. The number of hydrogen-bond donors (Lipinski definition) is 1. The van der Waals surface area contributed by atoms with Gasteiger partial charge < -0.3 is 14.8 Å². The molecule has 22 heavy (non-hydrogen) atoms. The lowest BCUT2D eigenvalue weighted by Gasteiger charge is -2.11. The first-order chi connectivity index (χ1) is 10.5. The molecule has 0 unspecified atom stereocenters. The van der Waals surface area contributed by atoms with Crippen LogP contribution in [0.15, 0.2) is 30.3 Å². The Balaban J connectivity index is 2.16. The number of anilines is 1. The number of benzene rings is 1. The zero-order valence-corrected chi connectivity index (χ0v) is 13.4. The molecule has 6 heteroatoms. The van der Waals surface area contributed by atoms with E-state index in [-0.39, 0.29) is 11.4 Å². The molecular formula is C16H17ClN2O3. The van der Waals surface area contributed by atoms with E-state index in [0.29, 0.717) is 17.4 Å². The number of pyridine rings is 1. The fourth-order valence-electron chi connectivity index (χ4n) is 1.98. The average molecular weight is 321 g/mol. The molecule has 5 nitrogen and oxygen atoms in total. The van der Waals surface area contributed by atoms with Gasteiger partial charge in [-0.25, -0.2) is 4.79 Å². The van der Waals surface area contributed by atoms with Gasteiger partial charge in [0.25, 0.3) is 0 Å². The normalized spacial score (nSPS) is 10.2. The van der Waals surface area contributed by atoms with Crippen LogP contribution in [0.25, 0.3) is 0 Å². The van der Waals surface area contributed by atoms with Gasteiger partial charge >= 0.3 is 5.97 Å². The van der Waals surface area contributed by atoms with Crippen molar-refractivity contribution < 1.29 is 14.3 Å². The smallest absolute Gasteiger partial charge is 0.343 e. The molecule has 0 atom stereocenters. The minimum atomic E-state index is -0.485. The standard InChI is InChI=1S/C16H17ClN2O3/c1-10-4-5-12(17)8-11(10)9-18-14-7-6-13(16(20)22-3)15(19-14)21-2/h4-8H,9H2,1-3H3,(H,18,19). The van der Waals surface area contributed by atoms with E-state index in [0.717, 1.165) is 11.1 Å². The number of aryl methyl sites for hydroxylation is 1. The van der Waals surface area contributed by atoms with Crippen LogP contribution in [0, 0.1) is 6.92 Å². The van der Waals surface area contributed by atoms with Crippen molar-refractivity contribution in [1.82, 2.24) is 4.98 Å². The SMILES string of the molecule is COC(=O)c1ccc(NCc2cc(Cl)ccc2C)nc1OC. The molecule has 0 spiro atoms. The number of esters is 1. The van der Waals surface area contributed by atoms with Gasteiger partial charge in [-0.2, -0.15) is 4.98 Å². The van der Waals surface area contributed by atoms with Crippen LogP contribution in [0.1, 0.15) is 21.5 Å². The van der Waals surface area contributed by atoms with Gasteiger partial charge in [0.2, 0.25) is 5.88 Å². The highest BCUT2D eigenvalue weighted by Crippen LogP contribution is 2.21. The highest BCUT2D eigenvalue weighted by Gasteiger charge is 2.14. The number of hydrogen-bond acceptors (Lipinski definition) is 5. The highest BCUT2D eigenvalue weighted by atomic mass is 35.5. The minimum absolute atomic E-state index is 0.222. The summed E-state index contributed by atoms with van der Waals surface area (Å²) in [5, 5.41) is 3.87. The molecule has 0 aliphatic heterocycles. The Bertz CT molecular complexity index is 689. The molecule has 116 valence electrons. The van der Waals surface area contributed by atoms with Crippen molar-refractivity contribution in [1.29, 1.82) is 0 Å². The van der Waals surface area contributed by atoms with Crippen molar-refractivity contribution in [2.45, 2.75) is 13.5 Å². The second-order valence-corrected chi connectivity index (χ2v) is 5.11. The lowest BCUT2D eigenvalue weighted by molar-refractivity contribution is 0.0596. The Kier molecular flexibility index (Phi) is 5.22. The molecule has 0 bridgehead atoms. The number of aromatic nitrogens is 1. The fourth-order valence-corrected chi connectivity index (χ4v) is 2.17. The molecular weight excluding hydrogens is 304 g/mol. The Hall–Kier alpha value is -2.27. The second-order valence-electron chi connectivity index (χ2n) is 4.67. The van der Waals surface area contributed by atoms with Gasteiger partial charge in [0, 0.05) is 11.6 Å². The summed E-state index contributed by atoms with van der Waals surface area (Å²) in [4.78, 5) is 15.8. The summed E-state index contributed by atoms with van der Waals surface area (Å²) in [6, 6.07) is 9.05. The molecule has 0 aliphatic carbocycles. The predicted molar refractivity (Wildman–Crippen MR) is 85.6 cm³/mol. The van der Waals surface area contributed by atoms with Gasteiger partial charge in [0.1, 0.15) is 11.4 Å². The molecule has 1 aromatic heterocycles. The molecule has 0 saturated carbocycles. The number of nitrogens with one attached hydrogen (secondary N) is 1. The molecule has 0 radical (unpaired) electrons. The first-order valence-electron chi connectivity index (χ1n) is 6.67. The molecule has 2 rings (SSSR count). The van der Waals surface area contributed by atoms with E-state index < -0.39 is 5.97 Å². The van der Waals surface area contributed by atoms with Gasteiger partial charge in [-0.15, -0.1) is 0 Å². The van der Waals surface area contributed by atoms with Crippen LogP contribution in [0.3, 0.4) is 0 Å². The highest BCUT2D eigenvalue weighted by molar-refractivity contribution is 6.30. The van der Waals surface area contributed by atoms with Crippen LogP contribution in [0.4, 0.5) is 5.82 Å². The van der Waals surface area contributed by atoms with Crippen molar-refractivity contribution in [2.75, 3.05) is 19.5 Å². The number of methoxy groups -OCH3 is 2. The maximum atomic E-state index is 11.6. The van der Waals surface area contributed by atoms with Gasteiger partial charge in [-0.1, -0.05) is 17.7 Å². The zero-order valence-electron chi connectivity index (χ0n) is 12.6. The van der Waals surface area contributed by atoms with E-state index in [4.69, 9.17) is 16.3 Å². The minimum Gasteiger partial charge on any atom is -0.480 e. The topological polar surface area (TPSA) is 60.5 Å². The predicted octanol–water partition coefficient (Wildman–Crippen LogP) is 3.45. The maximum Gasteiger partial charge on any atom is 0.343 e. The van der Waals surface area contributed by atoms with Crippen LogP contribution < -0.4 is 10.1 Å². The molecule has 2 aromatic rings. The summed E-state index contributed by atoms with van der Waals surface area (Å²) in [5.74, 6) is 0.338. The largest absolute Gasteiger partial charge is 0.480 e. The van der Waals surface area contributed by atoms with Gasteiger partial charge in [0.05, 0.1) is 14.2 Å². The van der Waals surface area contributed by atoms with Gasteiger partial charge in [-0.05, 0) is 42.3 Å². The number of carbonyl (C=O) groups is 1. The molecule has 0 fully saturated rings. The summed E-state index contributed by atoms with van der Waals surface area (Å²) in [7, 11) is 2.77. The van der Waals surface area contributed by atoms with Crippen LogP contribution in [-0.4, -0.2) is 25.2 Å². The quantitative estimate of drug-likeness (QED) is 0.855. The Labute approximate surface area is 134 Å². The Morgan fingerprint density at radius 3 is 2.73 bits per heavy atom. The molecule has 1 heterocycles. The van der Waals surface area contributed by atoms with E-state index in [1.165, 1.54) is 14.2 Å². The lowest BCUT2D eigenvalue weighted by Crippen LogP contribution is -2.08. The number of rotatable bonds is 5. The van der Waals surface area contributed by atoms with E-state index >= 15 is 0 Å². The van der Waals surface area contributed by atoms with Crippen molar-refractivity contribution in [3.8, 4) is 5.88 Å². The van der Waals surface area contributed by atoms with Crippen molar-refractivity contribution in [2.24, 2.45) is 0 Å². The van der Waals surface area contributed by atoms with Crippen LogP contribution in [0.5, 0.6) is 5.88 Å². The Morgan fingerprint density at radius 2 is 2.05 bits per heavy atom. The summed E-state index contributed by atoms with van der Waals surface area (Å²) < 4.78 is 9.81. The molecule has 0 saturated heterocycles. The number of carbonyl (C=O) groups excluding carboxylic acids is 1. The van der Waals surface area contributed by atoms with Gasteiger partial charge in [-0.3, -0.25) is 0 Å². The number of nitrogens with zero attached hydrogens (tertiary/aromatic N) is 1. The third kappa shape index (κ3) is 3.68. The third-order valence-corrected chi connectivity index (χ3v) is 3.47. The van der Waals surface area contributed by atoms with E-state index in [1.54, 1.807) is 12.1 Å². The Morgan fingerprint density at radius 1 is 1.27 bits per heavy atom. The molecule has 0 amide bonds. The van der Waals surface area contributed by atoms with E-state index in [1.807, 2.05) is 25.1 Å². The summed E-state index contributed by atoms with van der Waals surface area (Å²) in [5.41, 5.74) is 2.50. The summed E-state index contributed by atoms with van der Waals surface area (Å²) >= 11 is 6.00. The molecule has 1 N–H and O–H groups in total. The summed E-state index contributed by atoms with van der Waals surface area (Å²) in [6.45, 7) is 2.59. The van der Waals surface area contributed by atoms with E-state index in [2.05, 4.69) is 15.0 Å². The third-order valence-electron chi connectivity index (χ3n) is 3.23. The summed E-state index contributed by atoms with van der Waals surface area (Å²) in [6.07, 6.45) is 0. The average Bonchev–Trinajstić information content (AvgIpc) is 2.54. The zero-order chi connectivity index (χ0) is 16.1. The molecule has 0 aliphatic rings. The maximum absolute atomic E-state index is 11.6. The van der Waals surface area contributed by atoms with Crippen molar-refractivity contribution >= 4 is 23.4 Å². The van der Waals surface area contributed by atoms with Crippen molar-refractivity contribution in [3.05, 3.63) is 52.0 Å². The number of ether oxygens (including phenoxy) is 2. The number of halogens is 1. The van der Waals surface area contributed by atoms with E-state index in [9.17, 15) is 4.79 Å². The lowest BCUT2D eigenvalue weighted by atomic mass is 10.1. The second kappa shape index (κ2) is 7.13. The van der Waals surface area contributed by atoms with Crippen LogP contribution in [0.2, 0.25) is 5.02 Å². The van der Waals surface area contributed by atoms with Crippen molar-refractivity contribution in [3.63, 3.8) is 0 Å². The van der Waals surface area contributed by atoms with Crippen LogP contribution in [-0.2, 0) is 11.3 Å². The monoisotopic (exact) mass is 320 g/mol.